The van der Waals surface area contributed by atoms with E-state index in [4.69, 9.17) is 16.9 Å². The van der Waals surface area contributed by atoms with Crippen molar-refractivity contribution in [2.75, 3.05) is 13.1 Å². The summed E-state index contributed by atoms with van der Waals surface area (Å²) in [5, 5.41) is 0. The van der Waals surface area contributed by atoms with Gasteiger partial charge in [0.25, 0.3) is 0 Å². The number of hydrogen-bond donors (Lipinski definition) is 1. The van der Waals surface area contributed by atoms with Crippen LogP contribution >= 0.6 is 0 Å². The van der Waals surface area contributed by atoms with Gasteiger partial charge < -0.3 is 15.4 Å². The molecule has 0 aliphatic carbocycles. The summed E-state index contributed by atoms with van der Waals surface area (Å²) >= 11 is 0. The summed E-state index contributed by atoms with van der Waals surface area (Å²) in [5.74, 6) is 2.45. The molecule has 0 unspecified atom stereocenters. The fraction of sp³-hybridized carbons (Fsp3) is 0.700. The Kier molecular flexibility index (Phi) is 2.47. The standard InChI is InChI=1S/C10H16N2O2/c1-5-10(11)6-12(7-10)8(13)14-9(2,3)4/h1H,6-7,11H2,2-4H3. The van der Waals surface area contributed by atoms with Gasteiger partial charge in [-0.25, -0.2) is 4.79 Å². The predicted octanol–water partition coefficient (Wildman–Crippen LogP) is 0.568. The fourth-order valence-electron chi connectivity index (χ4n) is 1.18. The lowest BCUT2D eigenvalue weighted by Crippen LogP contribution is -2.68. The molecule has 2 N–H and O–H groups in total. The molecule has 4 heteroatoms. The quantitative estimate of drug-likeness (QED) is 0.576. The van der Waals surface area contributed by atoms with E-state index in [9.17, 15) is 4.79 Å². The third-order valence-electron chi connectivity index (χ3n) is 1.89. The van der Waals surface area contributed by atoms with E-state index in [0.717, 1.165) is 0 Å². The van der Waals surface area contributed by atoms with Gasteiger partial charge in [-0.2, -0.15) is 0 Å². The summed E-state index contributed by atoms with van der Waals surface area (Å²) in [6.45, 7) is 6.21. The van der Waals surface area contributed by atoms with Gasteiger partial charge in [-0.3, -0.25) is 0 Å². The number of carbonyl (C=O) groups is 1. The molecule has 0 bridgehead atoms. The minimum absolute atomic E-state index is 0.353. The maximum absolute atomic E-state index is 11.4. The van der Waals surface area contributed by atoms with Crippen molar-refractivity contribution < 1.29 is 9.53 Å². The molecule has 1 rings (SSSR count). The second-order valence-electron chi connectivity index (χ2n) is 4.64. The van der Waals surface area contributed by atoms with Crippen molar-refractivity contribution in [2.24, 2.45) is 5.73 Å². The van der Waals surface area contributed by atoms with Crippen LogP contribution in [0.3, 0.4) is 0 Å². The summed E-state index contributed by atoms with van der Waals surface area (Å²) < 4.78 is 5.14. The number of amides is 1. The average molecular weight is 196 g/mol. The third kappa shape index (κ3) is 2.39. The molecule has 1 saturated heterocycles. The highest BCUT2D eigenvalue weighted by molar-refractivity contribution is 5.70. The van der Waals surface area contributed by atoms with Crippen molar-refractivity contribution in [1.29, 1.82) is 0 Å². The first-order chi connectivity index (χ1) is 6.26. The number of carbonyl (C=O) groups excluding carboxylic acids is 1. The van der Waals surface area contributed by atoms with Gasteiger partial charge >= 0.3 is 6.09 Å². The predicted molar refractivity (Wildman–Crippen MR) is 53.6 cm³/mol. The Bertz CT molecular complexity index is 279. The molecular formula is C10H16N2O2. The maximum Gasteiger partial charge on any atom is 0.410 e. The van der Waals surface area contributed by atoms with Crippen molar-refractivity contribution in [2.45, 2.75) is 31.9 Å². The highest BCUT2D eigenvalue weighted by atomic mass is 16.6. The molecule has 14 heavy (non-hydrogen) atoms. The van der Waals surface area contributed by atoms with Crippen LogP contribution in [0.15, 0.2) is 0 Å². The number of rotatable bonds is 0. The lowest BCUT2D eigenvalue weighted by molar-refractivity contribution is 0.00118. The molecule has 0 saturated carbocycles. The largest absolute Gasteiger partial charge is 0.444 e. The van der Waals surface area contributed by atoms with Crippen LogP contribution in [-0.4, -0.2) is 35.2 Å². The zero-order chi connectivity index (χ0) is 11.0. The van der Waals surface area contributed by atoms with Gasteiger partial charge in [-0.05, 0) is 20.8 Å². The molecule has 0 spiro atoms. The highest BCUT2D eigenvalue weighted by Gasteiger charge is 2.42. The number of nitrogens with two attached hydrogens (primary N) is 1. The zero-order valence-corrected chi connectivity index (χ0v) is 8.83. The van der Waals surface area contributed by atoms with Crippen LogP contribution in [0, 0.1) is 12.3 Å². The molecule has 1 heterocycles. The molecule has 78 valence electrons. The summed E-state index contributed by atoms with van der Waals surface area (Å²) in [6.07, 6.45) is 4.85. The van der Waals surface area contributed by atoms with Crippen LogP contribution in [0.2, 0.25) is 0 Å². The van der Waals surface area contributed by atoms with E-state index in [-0.39, 0.29) is 6.09 Å². The highest BCUT2D eigenvalue weighted by Crippen LogP contribution is 2.20. The van der Waals surface area contributed by atoms with E-state index in [1.165, 1.54) is 4.90 Å². The first-order valence-electron chi connectivity index (χ1n) is 4.50. The van der Waals surface area contributed by atoms with Crippen molar-refractivity contribution in [1.82, 2.24) is 4.90 Å². The zero-order valence-electron chi connectivity index (χ0n) is 8.83. The molecule has 0 aromatic carbocycles. The van der Waals surface area contributed by atoms with E-state index in [0.29, 0.717) is 13.1 Å². The topological polar surface area (TPSA) is 55.6 Å². The fourth-order valence-corrected chi connectivity index (χ4v) is 1.18. The Morgan fingerprint density at radius 3 is 2.43 bits per heavy atom. The van der Waals surface area contributed by atoms with E-state index >= 15 is 0 Å². The number of hydrogen-bond acceptors (Lipinski definition) is 3. The molecule has 1 amide bonds. The van der Waals surface area contributed by atoms with Crippen LogP contribution < -0.4 is 5.73 Å². The van der Waals surface area contributed by atoms with Gasteiger partial charge in [0, 0.05) is 0 Å². The molecule has 0 atom stereocenters. The van der Waals surface area contributed by atoms with Crippen molar-refractivity contribution in [3.63, 3.8) is 0 Å². The second kappa shape index (κ2) is 3.18. The van der Waals surface area contributed by atoms with Gasteiger partial charge in [-0.15, -0.1) is 6.42 Å². The van der Waals surface area contributed by atoms with E-state index < -0.39 is 11.1 Å². The summed E-state index contributed by atoms with van der Waals surface area (Å²) in [5.41, 5.74) is 4.58. The van der Waals surface area contributed by atoms with Crippen molar-refractivity contribution in [3.05, 3.63) is 0 Å². The normalized spacial score (nSPS) is 19.5. The lowest BCUT2D eigenvalue weighted by atomic mass is 9.93. The minimum atomic E-state index is -0.656. The molecule has 1 fully saturated rings. The number of terminal acetylenes is 1. The average Bonchev–Trinajstić information content (AvgIpc) is 1.95. The van der Waals surface area contributed by atoms with E-state index in [1.54, 1.807) is 0 Å². The summed E-state index contributed by atoms with van der Waals surface area (Å²) in [7, 11) is 0. The number of ether oxygens (including phenoxy) is 1. The molecular weight excluding hydrogens is 180 g/mol. The third-order valence-corrected chi connectivity index (χ3v) is 1.89. The lowest BCUT2D eigenvalue weighted by Gasteiger charge is -2.44. The Labute approximate surface area is 84.4 Å². The molecule has 4 nitrogen and oxygen atoms in total. The Hall–Kier alpha value is -1.21. The van der Waals surface area contributed by atoms with E-state index in [2.05, 4.69) is 5.92 Å². The van der Waals surface area contributed by atoms with Crippen LogP contribution in [0.4, 0.5) is 4.79 Å². The first-order valence-corrected chi connectivity index (χ1v) is 4.50. The Morgan fingerprint density at radius 2 is 2.07 bits per heavy atom. The van der Waals surface area contributed by atoms with Crippen LogP contribution in [0.5, 0.6) is 0 Å². The molecule has 0 aromatic rings. The number of nitrogens with zero attached hydrogens (tertiary/aromatic N) is 1. The van der Waals surface area contributed by atoms with Gasteiger partial charge in [-0.1, -0.05) is 5.92 Å². The van der Waals surface area contributed by atoms with Gasteiger partial charge in [0.2, 0.25) is 0 Å². The second-order valence-corrected chi connectivity index (χ2v) is 4.64. The van der Waals surface area contributed by atoms with Gasteiger partial charge in [0.05, 0.1) is 13.1 Å². The molecule has 1 aliphatic heterocycles. The maximum atomic E-state index is 11.4. The minimum Gasteiger partial charge on any atom is -0.444 e. The Morgan fingerprint density at radius 1 is 1.57 bits per heavy atom. The molecule has 0 radical (unpaired) electrons. The van der Waals surface area contributed by atoms with Crippen LogP contribution in [-0.2, 0) is 4.74 Å². The van der Waals surface area contributed by atoms with Crippen molar-refractivity contribution in [3.8, 4) is 12.3 Å². The van der Waals surface area contributed by atoms with Crippen LogP contribution in [0.25, 0.3) is 0 Å². The SMILES string of the molecule is C#CC1(N)CN(C(=O)OC(C)(C)C)C1. The molecule has 0 aromatic heterocycles. The monoisotopic (exact) mass is 196 g/mol. The van der Waals surface area contributed by atoms with Crippen molar-refractivity contribution >= 4 is 6.09 Å². The van der Waals surface area contributed by atoms with Crippen LogP contribution in [0.1, 0.15) is 20.8 Å². The van der Waals surface area contributed by atoms with E-state index in [1.807, 2.05) is 20.8 Å². The smallest absolute Gasteiger partial charge is 0.410 e. The Balaban J connectivity index is 2.42. The van der Waals surface area contributed by atoms with Gasteiger partial charge in [0.15, 0.2) is 0 Å². The first kappa shape index (κ1) is 10.9. The van der Waals surface area contributed by atoms with Gasteiger partial charge in [0.1, 0.15) is 11.1 Å². The summed E-state index contributed by atoms with van der Waals surface area (Å²) in [4.78, 5) is 12.9. The summed E-state index contributed by atoms with van der Waals surface area (Å²) in [6, 6.07) is 0. The number of likely N-dealkylation sites (tertiary alicyclic amines) is 1. The molecule has 1 aliphatic rings.